The van der Waals surface area contributed by atoms with Crippen molar-refractivity contribution < 1.29 is 19.4 Å². The molecule has 148 valence electrons. The first kappa shape index (κ1) is 19.5. The predicted octanol–water partition coefficient (Wildman–Crippen LogP) is 3.34. The van der Waals surface area contributed by atoms with Crippen LogP contribution in [0.15, 0.2) is 33.5 Å². The van der Waals surface area contributed by atoms with Gasteiger partial charge in [-0.05, 0) is 55.3 Å². The molecular weight excluding hydrogens is 384 g/mol. The van der Waals surface area contributed by atoms with Crippen LogP contribution in [-0.4, -0.2) is 24.9 Å². The molecule has 2 N–H and O–H groups in total. The monoisotopic (exact) mass is 398 g/mol. The van der Waals surface area contributed by atoms with Crippen LogP contribution in [0.3, 0.4) is 0 Å². The Bertz CT molecular complexity index is 1220. The number of aromatic amines is 1. The number of hydrogen-bond acceptors (Lipinski definition) is 8. The van der Waals surface area contributed by atoms with Crippen molar-refractivity contribution in [1.29, 1.82) is 0 Å². The molecule has 29 heavy (non-hydrogen) atoms. The topological polar surface area (TPSA) is 165 Å². The van der Waals surface area contributed by atoms with Gasteiger partial charge in [0.15, 0.2) is 0 Å². The van der Waals surface area contributed by atoms with Gasteiger partial charge < -0.3 is 14.5 Å². The summed E-state index contributed by atoms with van der Waals surface area (Å²) in [5, 5.41) is 31.6. The smallest absolute Gasteiger partial charge is 0.395 e. The molecule has 0 saturated carbocycles. The van der Waals surface area contributed by atoms with Gasteiger partial charge in [-0.25, -0.2) is 0 Å². The molecule has 3 rings (SSSR count). The van der Waals surface area contributed by atoms with E-state index in [4.69, 9.17) is 4.42 Å². The Balaban J connectivity index is 1.94. The lowest BCUT2D eigenvalue weighted by Crippen LogP contribution is -2.14. The summed E-state index contributed by atoms with van der Waals surface area (Å²) in [6.45, 7) is 3.60. The van der Waals surface area contributed by atoms with Crippen molar-refractivity contribution >= 4 is 23.5 Å². The van der Waals surface area contributed by atoms with Crippen LogP contribution in [-0.2, 0) is 0 Å². The summed E-state index contributed by atoms with van der Waals surface area (Å²) < 4.78 is 5.62. The first-order valence-electron chi connectivity index (χ1n) is 8.19. The van der Waals surface area contributed by atoms with E-state index in [9.17, 15) is 30.1 Å². The quantitative estimate of drug-likeness (QED) is 0.487. The maximum absolute atomic E-state index is 11.6. The number of H-pyrrole nitrogens is 1. The Morgan fingerprint density at radius 3 is 2.41 bits per heavy atom. The Morgan fingerprint density at radius 2 is 1.79 bits per heavy atom. The van der Waals surface area contributed by atoms with Crippen molar-refractivity contribution in [2.75, 3.05) is 0 Å². The largest absolute Gasteiger partial charge is 0.488 e. The van der Waals surface area contributed by atoms with Gasteiger partial charge in [0.1, 0.15) is 17.3 Å². The van der Waals surface area contributed by atoms with Gasteiger partial charge in [0.2, 0.25) is 0 Å². The van der Waals surface area contributed by atoms with E-state index in [1.807, 2.05) is 6.92 Å². The van der Waals surface area contributed by atoms with Crippen LogP contribution in [0.5, 0.6) is 5.88 Å². The number of benzene rings is 1. The first-order chi connectivity index (χ1) is 13.7. The number of nitrogens with zero attached hydrogens (tertiary/aromatic N) is 3. The fourth-order valence-electron chi connectivity index (χ4n) is 2.61. The minimum absolute atomic E-state index is 0.0933. The Labute approximate surface area is 162 Å². The maximum Gasteiger partial charge on any atom is 0.395 e. The van der Waals surface area contributed by atoms with E-state index < -0.39 is 27.0 Å². The predicted molar refractivity (Wildman–Crippen MR) is 102 cm³/mol. The molecule has 0 spiro atoms. The zero-order valence-corrected chi connectivity index (χ0v) is 15.2. The second kappa shape index (κ2) is 7.38. The molecule has 11 heteroatoms. The van der Waals surface area contributed by atoms with Crippen LogP contribution in [0, 0.1) is 34.1 Å². The summed E-state index contributed by atoms with van der Waals surface area (Å²) in [7, 11) is 0. The van der Waals surface area contributed by atoms with Crippen LogP contribution in [0.4, 0.5) is 11.4 Å². The van der Waals surface area contributed by atoms with E-state index in [1.54, 1.807) is 25.1 Å². The Hall–Kier alpha value is -4.28. The van der Waals surface area contributed by atoms with E-state index >= 15 is 0 Å². The van der Waals surface area contributed by atoms with Crippen molar-refractivity contribution in [1.82, 2.24) is 9.97 Å². The highest BCUT2D eigenvalue weighted by molar-refractivity contribution is 5.73. The lowest BCUT2D eigenvalue weighted by molar-refractivity contribution is -0.387. The SMILES string of the molecule is Cc1cc(-c2ccc(/C=C/c3nc(O)c([N+](=O)[O-])c(=O)[nH]3)o2)c([N+](=O)[O-])cc1C. The van der Waals surface area contributed by atoms with Crippen LogP contribution in [0.25, 0.3) is 23.5 Å². The number of furan rings is 1. The molecule has 0 aliphatic rings. The molecule has 11 nitrogen and oxygen atoms in total. The molecule has 0 radical (unpaired) electrons. The van der Waals surface area contributed by atoms with Crippen LogP contribution >= 0.6 is 0 Å². The van der Waals surface area contributed by atoms with E-state index in [2.05, 4.69) is 9.97 Å². The molecule has 2 aromatic heterocycles. The second-order valence-electron chi connectivity index (χ2n) is 6.13. The third-order valence-electron chi connectivity index (χ3n) is 4.18. The third kappa shape index (κ3) is 3.88. The van der Waals surface area contributed by atoms with Crippen LogP contribution < -0.4 is 5.56 Å². The number of aromatic nitrogens is 2. The second-order valence-corrected chi connectivity index (χ2v) is 6.13. The minimum atomic E-state index is -1.10. The molecule has 2 heterocycles. The van der Waals surface area contributed by atoms with Crippen LogP contribution in [0.1, 0.15) is 22.7 Å². The average Bonchev–Trinajstić information content (AvgIpc) is 3.09. The molecule has 0 bridgehead atoms. The molecule has 0 fully saturated rings. The lowest BCUT2D eigenvalue weighted by Gasteiger charge is -2.04. The fourth-order valence-corrected chi connectivity index (χ4v) is 2.61. The van der Waals surface area contributed by atoms with Gasteiger partial charge >= 0.3 is 11.2 Å². The zero-order valence-electron chi connectivity index (χ0n) is 15.2. The van der Waals surface area contributed by atoms with Crippen molar-refractivity contribution in [3.8, 4) is 17.2 Å². The van der Waals surface area contributed by atoms with Gasteiger partial charge in [0, 0.05) is 6.07 Å². The molecule has 0 unspecified atom stereocenters. The number of aryl methyl sites for hydroxylation is 2. The molecule has 0 aliphatic heterocycles. The minimum Gasteiger partial charge on any atom is -0.488 e. The summed E-state index contributed by atoms with van der Waals surface area (Å²) >= 11 is 0. The zero-order chi connectivity index (χ0) is 21.3. The van der Waals surface area contributed by atoms with Crippen molar-refractivity contribution in [2.24, 2.45) is 0 Å². The summed E-state index contributed by atoms with van der Waals surface area (Å²) in [5.74, 6) is -0.585. The van der Waals surface area contributed by atoms with E-state index in [-0.39, 0.29) is 23.0 Å². The average molecular weight is 398 g/mol. The number of hydrogen-bond donors (Lipinski definition) is 2. The molecule has 0 amide bonds. The number of nitro groups is 2. The molecule has 0 atom stereocenters. The number of rotatable bonds is 5. The summed E-state index contributed by atoms with van der Waals surface area (Å²) in [4.78, 5) is 37.9. The summed E-state index contributed by atoms with van der Waals surface area (Å²) in [6, 6.07) is 6.23. The molecule has 1 aromatic carbocycles. The van der Waals surface area contributed by atoms with E-state index in [0.29, 0.717) is 5.56 Å². The van der Waals surface area contributed by atoms with Gasteiger partial charge in [-0.15, -0.1) is 0 Å². The highest BCUT2D eigenvalue weighted by atomic mass is 16.6. The highest BCUT2D eigenvalue weighted by Gasteiger charge is 2.22. The van der Waals surface area contributed by atoms with Crippen molar-refractivity contribution in [3.63, 3.8) is 0 Å². The first-order valence-corrected chi connectivity index (χ1v) is 8.19. The van der Waals surface area contributed by atoms with E-state index in [1.165, 1.54) is 18.2 Å². The molecule has 0 aliphatic carbocycles. The molecular formula is C18H14N4O7. The van der Waals surface area contributed by atoms with Gasteiger partial charge in [0.25, 0.3) is 11.6 Å². The Morgan fingerprint density at radius 1 is 1.10 bits per heavy atom. The normalized spacial score (nSPS) is 11.1. The van der Waals surface area contributed by atoms with Crippen molar-refractivity contribution in [3.05, 3.63) is 77.6 Å². The Kier molecular flexibility index (Phi) is 4.96. The summed E-state index contributed by atoms with van der Waals surface area (Å²) in [5.41, 5.74) is -0.290. The maximum atomic E-state index is 11.6. The van der Waals surface area contributed by atoms with E-state index in [0.717, 1.165) is 11.1 Å². The molecule has 0 saturated heterocycles. The number of aromatic hydroxyl groups is 1. The van der Waals surface area contributed by atoms with Gasteiger partial charge in [0.05, 0.1) is 15.4 Å². The highest BCUT2D eigenvalue weighted by Crippen LogP contribution is 2.34. The number of nitrogens with one attached hydrogen (secondary N) is 1. The third-order valence-corrected chi connectivity index (χ3v) is 4.18. The van der Waals surface area contributed by atoms with Gasteiger partial charge in [-0.3, -0.25) is 25.0 Å². The van der Waals surface area contributed by atoms with Gasteiger partial charge in [-0.2, -0.15) is 4.98 Å². The molecule has 3 aromatic rings. The standard InChI is InChI=1S/C18H14N4O7/c1-9-7-12(13(21(25)26)8-10(9)2)14-5-3-11(29-14)4-6-15-19-17(23)16(22(27)28)18(24)20-15/h3-8H,1-2H3,(H2,19,20,23,24)/b6-4+. The van der Waals surface area contributed by atoms with Crippen molar-refractivity contribution in [2.45, 2.75) is 13.8 Å². The lowest BCUT2D eigenvalue weighted by atomic mass is 10.0. The van der Waals surface area contributed by atoms with Gasteiger partial charge in [-0.1, -0.05) is 0 Å². The van der Waals surface area contributed by atoms with Crippen LogP contribution in [0.2, 0.25) is 0 Å². The fraction of sp³-hybridized carbons (Fsp3) is 0.111. The number of nitro benzene ring substituents is 1. The summed E-state index contributed by atoms with van der Waals surface area (Å²) in [6.07, 6.45) is 2.65.